The van der Waals surface area contributed by atoms with Crippen LogP contribution >= 0.6 is 0 Å². The summed E-state index contributed by atoms with van der Waals surface area (Å²) < 4.78 is 0. The van der Waals surface area contributed by atoms with E-state index in [0.29, 0.717) is 6.54 Å². The van der Waals surface area contributed by atoms with Crippen molar-refractivity contribution in [1.82, 2.24) is 15.5 Å². The molecule has 78 valence electrons. The topological polar surface area (TPSA) is 78.5 Å². The molecule has 0 aliphatic carbocycles. The molecule has 6 heteroatoms. The normalized spacial score (nSPS) is 16.8. The van der Waals surface area contributed by atoms with E-state index in [2.05, 4.69) is 10.6 Å². The van der Waals surface area contributed by atoms with Gasteiger partial charge in [-0.15, -0.1) is 0 Å². The van der Waals surface area contributed by atoms with Crippen molar-refractivity contribution in [3.8, 4) is 0 Å². The minimum atomic E-state index is -0.425. The van der Waals surface area contributed by atoms with Gasteiger partial charge in [-0.05, 0) is 6.54 Å². The Kier molecular flexibility index (Phi) is 3.58. The molecule has 0 radical (unpaired) electrons. The number of carbonyl (C=O) groups is 3. The van der Waals surface area contributed by atoms with E-state index in [9.17, 15) is 14.4 Å². The minimum absolute atomic E-state index is 0.0318. The first kappa shape index (κ1) is 10.6. The fourth-order valence-corrected chi connectivity index (χ4v) is 1.16. The third-order valence-corrected chi connectivity index (χ3v) is 1.83. The summed E-state index contributed by atoms with van der Waals surface area (Å²) in [4.78, 5) is 34.5. The number of nitrogens with zero attached hydrogens (tertiary/aromatic N) is 1. The molecule has 1 heterocycles. The Labute approximate surface area is 81.6 Å². The Hall–Kier alpha value is -1.43. The average Bonchev–Trinajstić information content (AvgIpc) is 2.12. The number of hydrogen-bond acceptors (Lipinski definition) is 4. The number of carbonyl (C=O) groups excluding carboxylic acids is 3. The van der Waals surface area contributed by atoms with Crippen molar-refractivity contribution < 1.29 is 14.4 Å². The second-order valence-corrected chi connectivity index (χ2v) is 3.00. The summed E-state index contributed by atoms with van der Waals surface area (Å²) in [5.41, 5.74) is 0. The smallest absolute Gasteiger partial charge is 0.246 e. The van der Waals surface area contributed by atoms with E-state index in [4.69, 9.17) is 0 Å². The molecular weight excluding hydrogens is 186 g/mol. The molecule has 0 saturated carbocycles. The van der Waals surface area contributed by atoms with Crippen molar-refractivity contribution in [1.29, 1.82) is 0 Å². The molecule has 1 rings (SSSR count). The predicted octanol–water partition coefficient (Wildman–Crippen LogP) is -1.92. The van der Waals surface area contributed by atoms with Crippen molar-refractivity contribution in [2.24, 2.45) is 0 Å². The fraction of sp³-hybridized carbons (Fsp3) is 0.625. The van der Waals surface area contributed by atoms with E-state index in [1.807, 2.05) is 6.92 Å². The molecular formula is C8H13N3O3. The van der Waals surface area contributed by atoms with Crippen molar-refractivity contribution in [3.05, 3.63) is 0 Å². The highest BCUT2D eigenvalue weighted by atomic mass is 16.2. The summed E-state index contributed by atoms with van der Waals surface area (Å²) in [5, 5.41) is 4.97. The van der Waals surface area contributed by atoms with Gasteiger partial charge in [0.2, 0.25) is 17.7 Å². The Morgan fingerprint density at radius 2 is 2.00 bits per heavy atom. The Balaban J connectivity index is 2.46. The molecule has 1 aliphatic heterocycles. The van der Waals surface area contributed by atoms with Crippen LogP contribution in [-0.2, 0) is 14.4 Å². The van der Waals surface area contributed by atoms with Gasteiger partial charge >= 0.3 is 0 Å². The van der Waals surface area contributed by atoms with Crippen LogP contribution in [0.2, 0.25) is 0 Å². The van der Waals surface area contributed by atoms with Gasteiger partial charge in [0, 0.05) is 0 Å². The third-order valence-electron chi connectivity index (χ3n) is 1.83. The molecule has 3 amide bonds. The number of likely N-dealkylation sites (N-methyl/N-ethyl adjacent to an activating group) is 1. The van der Waals surface area contributed by atoms with Crippen LogP contribution in [0.3, 0.4) is 0 Å². The first-order chi connectivity index (χ1) is 6.63. The van der Waals surface area contributed by atoms with Gasteiger partial charge in [-0.25, -0.2) is 0 Å². The molecule has 0 aromatic carbocycles. The largest absolute Gasteiger partial charge is 0.323 e. The summed E-state index contributed by atoms with van der Waals surface area (Å²) in [6.45, 7) is 2.66. The first-order valence-electron chi connectivity index (χ1n) is 4.44. The molecule has 0 bridgehead atoms. The highest BCUT2D eigenvalue weighted by Gasteiger charge is 2.25. The van der Waals surface area contributed by atoms with Gasteiger partial charge in [0.25, 0.3) is 0 Å². The maximum atomic E-state index is 11.4. The van der Waals surface area contributed by atoms with E-state index in [-0.39, 0.29) is 25.5 Å². The Bertz CT molecular complexity index is 249. The van der Waals surface area contributed by atoms with Gasteiger partial charge in [-0.1, -0.05) is 6.92 Å². The van der Waals surface area contributed by atoms with E-state index >= 15 is 0 Å². The summed E-state index contributed by atoms with van der Waals surface area (Å²) >= 11 is 0. The van der Waals surface area contributed by atoms with Crippen LogP contribution < -0.4 is 10.6 Å². The van der Waals surface area contributed by atoms with Gasteiger partial charge in [0.15, 0.2) is 0 Å². The first-order valence-corrected chi connectivity index (χ1v) is 4.44. The van der Waals surface area contributed by atoms with E-state index in [1.54, 1.807) is 0 Å². The molecule has 14 heavy (non-hydrogen) atoms. The maximum absolute atomic E-state index is 11.4. The van der Waals surface area contributed by atoms with Crippen LogP contribution in [0.5, 0.6) is 0 Å². The molecule has 0 unspecified atom stereocenters. The number of piperazine rings is 1. The fourth-order valence-electron chi connectivity index (χ4n) is 1.16. The van der Waals surface area contributed by atoms with Crippen molar-refractivity contribution in [2.75, 3.05) is 26.2 Å². The third kappa shape index (κ3) is 2.81. The molecule has 1 aliphatic rings. The molecule has 0 spiro atoms. The van der Waals surface area contributed by atoms with Crippen molar-refractivity contribution in [2.45, 2.75) is 6.92 Å². The molecule has 1 fully saturated rings. The molecule has 0 atom stereocenters. The van der Waals surface area contributed by atoms with E-state index in [1.165, 1.54) is 4.90 Å². The quantitative estimate of drug-likeness (QED) is 0.519. The molecule has 6 nitrogen and oxygen atoms in total. The van der Waals surface area contributed by atoms with Crippen LogP contribution in [0.25, 0.3) is 0 Å². The standard InChI is InChI=1S/C8H13N3O3/c1-2-9-3-8(14)11-4-6(12)10-7(13)5-11/h9H,2-5H2,1H3,(H,10,12,13). The lowest BCUT2D eigenvalue weighted by atomic mass is 10.3. The Morgan fingerprint density at radius 3 is 2.50 bits per heavy atom. The second-order valence-electron chi connectivity index (χ2n) is 3.00. The SMILES string of the molecule is CCNCC(=O)N1CC(=O)NC(=O)C1. The van der Waals surface area contributed by atoms with Crippen LogP contribution in [-0.4, -0.2) is 48.8 Å². The zero-order valence-corrected chi connectivity index (χ0v) is 8.00. The average molecular weight is 199 g/mol. The van der Waals surface area contributed by atoms with Crippen LogP contribution in [0, 0.1) is 0 Å². The predicted molar refractivity (Wildman–Crippen MR) is 48.3 cm³/mol. The number of rotatable bonds is 3. The van der Waals surface area contributed by atoms with Gasteiger partial charge in [-0.3, -0.25) is 19.7 Å². The van der Waals surface area contributed by atoms with Gasteiger partial charge in [-0.2, -0.15) is 0 Å². The monoisotopic (exact) mass is 199 g/mol. The van der Waals surface area contributed by atoms with Gasteiger partial charge in [0.1, 0.15) is 13.1 Å². The lowest BCUT2D eigenvalue weighted by Crippen LogP contribution is -2.54. The van der Waals surface area contributed by atoms with Gasteiger partial charge in [0.05, 0.1) is 6.54 Å². The summed E-state index contributed by atoms with van der Waals surface area (Å²) in [5.74, 6) is -1.08. The van der Waals surface area contributed by atoms with Crippen molar-refractivity contribution >= 4 is 17.7 Å². The summed E-state index contributed by atoms with van der Waals surface area (Å²) in [6.07, 6.45) is 0. The summed E-state index contributed by atoms with van der Waals surface area (Å²) in [7, 11) is 0. The molecule has 0 aromatic rings. The van der Waals surface area contributed by atoms with E-state index < -0.39 is 11.8 Å². The molecule has 0 aromatic heterocycles. The Morgan fingerprint density at radius 1 is 1.43 bits per heavy atom. The lowest BCUT2D eigenvalue weighted by molar-refractivity contribution is -0.144. The number of amides is 3. The van der Waals surface area contributed by atoms with Crippen LogP contribution in [0.4, 0.5) is 0 Å². The molecule has 1 saturated heterocycles. The number of hydrogen-bond donors (Lipinski definition) is 2. The second kappa shape index (κ2) is 4.71. The maximum Gasteiger partial charge on any atom is 0.246 e. The zero-order chi connectivity index (χ0) is 10.6. The summed E-state index contributed by atoms with van der Waals surface area (Å²) in [6, 6.07) is 0. The molecule has 2 N–H and O–H groups in total. The minimum Gasteiger partial charge on any atom is -0.323 e. The lowest BCUT2D eigenvalue weighted by Gasteiger charge is -2.25. The van der Waals surface area contributed by atoms with Crippen molar-refractivity contribution in [3.63, 3.8) is 0 Å². The number of nitrogens with one attached hydrogen (secondary N) is 2. The van der Waals surface area contributed by atoms with Crippen LogP contribution in [0.1, 0.15) is 6.92 Å². The van der Waals surface area contributed by atoms with Crippen LogP contribution in [0.15, 0.2) is 0 Å². The zero-order valence-electron chi connectivity index (χ0n) is 8.00. The van der Waals surface area contributed by atoms with Gasteiger partial charge < -0.3 is 10.2 Å². The van der Waals surface area contributed by atoms with E-state index in [0.717, 1.165) is 0 Å². The highest BCUT2D eigenvalue weighted by molar-refractivity contribution is 6.02. The highest BCUT2D eigenvalue weighted by Crippen LogP contribution is 1.94. The number of imide groups is 1.